The number of fused-ring (bicyclic) bond motifs is 1. The van der Waals surface area contributed by atoms with E-state index >= 15 is 0 Å². The molecule has 6 heteroatoms. The Morgan fingerprint density at radius 3 is 2.83 bits per heavy atom. The van der Waals surface area contributed by atoms with Crippen LogP contribution in [0.3, 0.4) is 0 Å². The van der Waals surface area contributed by atoms with Crippen molar-refractivity contribution in [1.29, 1.82) is 0 Å². The van der Waals surface area contributed by atoms with Crippen molar-refractivity contribution in [3.05, 3.63) is 47.5 Å². The topological polar surface area (TPSA) is 50.5 Å². The summed E-state index contributed by atoms with van der Waals surface area (Å²) in [4.78, 5) is 2.29. The van der Waals surface area contributed by atoms with Crippen molar-refractivity contribution in [2.75, 3.05) is 19.7 Å². The molecule has 2 heterocycles. The second-order valence-corrected chi connectivity index (χ2v) is 5.79. The van der Waals surface area contributed by atoms with E-state index in [2.05, 4.69) is 10.00 Å². The third-order valence-corrected chi connectivity index (χ3v) is 4.11. The summed E-state index contributed by atoms with van der Waals surface area (Å²) in [7, 11) is 0. The minimum atomic E-state index is -0.483. The van der Waals surface area contributed by atoms with Crippen LogP contribution in [0.4, 0.5) is 4.39 Å². The van der Waals surface area contributed by atoms with Gasteiger partial charge < -0.3 is 9.84 Å². The summed E-state index contributed by atoms with van der Waals surface area (Å²) in [6.07, 6.45) is 0.189. The van der Waals surface area contributed by atoms with Crippen LogP contribution in [0.25, 0.3) is 0 Å². The first kappa shape index (κ1) is 16.0. The molecular weight excluding hydrogens is 297 g/mol. The molecule has 5 nitrogen and oxygen atoms in total. The minimum absolute atomic E-state index is 0.258. The van der Waals surface area contributed by atoms with E-state index in [9.17, 15) is 9.50 Å². The number of benzene rings is 1. The van der Waals surface area contributed by atoms with E-state index < -0.39 is 6.10 Å². The number of hydrogen-bond donors (Lipinski definition) is 1. The zero-order chi connectivity index (χ0) is 16.2. The van der Waals surface area contributed by atoms with Crippen molar-refractivity contribution in [2.45, 2.75) is 32.5 Å². The van der Waals surface area contributed by atoms with E-state index in [4.69, 9.17) is 4.74 Å². The molecule has 0 unspecified atom stereocenters. The number of aliphatic hydroxyl groups is 1. The van der Waals surface area contributed by atoms with Gasteiger partial charge in [-0.25, -0.2) is 4.39 Å². The molecule has 23 heavy (non-hydrogen) atoms. The summed E-state index contributed by atoms with van der Waals surface area (Å²) < 4.78 is 20.5. The molecule has 124 valence electrons. The molecule has 3 rings (SSSR count). The van der Waals surface area contributed by atoms with Crippen molar-refractivity contribution < 1.29 is 14.2 Å². The highest BCUT2D eigenvalue weighted by Gasteiger charge is 2.20. The van der Waals surface area contributed by atoms with E-state index in [0.717, 1.165) is 37.6 Å². The van der Waals surface area contributed by atoms with Gasteiger partial charge in [-0.1, -0.05) is 6.92 Å². The average Bonchev–Trinajstić information content (AvgIpc) is 2.99. The lowest BCUT2D eigenvalue weighted by atomic mass is 10.2. The second kappa shape index (κ2) is 7.10. The maximum Gasteiger partial charge on any atom is 0.123 e. The van der Waals surface area contributed by atoms with Crippen molar-refractivity contribution in [3.8, 4) is 5.75 Å². The average molecular weight is 319 g/mol. The predicted octanol–water partition coefficient (Wildman–Crippen LogP) is 2.36. The normalized spacial score (nSPS) is 16.1. The van der Waals surface area contributed by atoms with Crippen LogP contribution < -0.4 is 4.74 Å². The van der Waals surface area contributed by atoms with Crippen molar-refractivity contribution in [3.63, 3.8) is 0 Å². The van der Waals surface area contributed by atoms with E-state index in [1.54, 1.807) is 12.1 Å². The first-order valence-corrected chi connectivity index (χ1v) is 8.01. The van der Waals surface area contributed by atoms with Crippen LogP contribution in [-0.2, 0) is 13.1 Å². The molecule has 1 atom stereocenters. The number of hydrogen-bond acceptors (Lipinski definition) is 4. The van der Waals surface area contributed by atoms with Crippen LogP contribution in [0.1, 0.15) is 30.8 Å². The Morgan fingerprint density at radius 2 is 2.09 bits per heavy atom. The van der Waals surface area contributed by atoms with Crippen molar-refractivity contribution in [2.24, 2.45) is 0 Å². The van der Waals surface area contributed by atoms with Crippen LogP contribution in [0.15, 0.2) is 30.3 Å². The zero-order valence-electron chi connectivity index (χ0n) is 13.3. The Labute approximate surface area is 135 Å². The van der Waals surface area contributed by atoms with Gasteiger partial charge >= 0.3 is 0 Å². The zero-order valence-corrected chi connectivity index (χ0v) is 13.3. The van der Waals surface area contributed by atoms with Crippen molar-refractivity contribution in [1.82, 2.24) is 14.7 Å². The van der Waals surface area contributed by atoms with Gasteiger partial charge in [0.25, 0.3) is 0 Å². The first-order chi connectivity index (χ1) is 11.2. The molecule has 0 saturated carbocycles. The third kappa shape index (κ3) is 3.89. The molecule has 2 aromatic rings. The van der Waals surface area contributed by atoms with Gasteiger partial charge in [0.05, 0.1) is 24.0 Å². The monoisotopic (exact) mass is 319 g/mol. The fraction of sp³-hybridized carbons (Fsp3) is 0.471. The van der Waals surface area contributed by atoms with E-state index in [-0.39, 0.29) is 5.82 Å². The van der Waals surface area contributed by atoms with Gasteiger partial charge in [0, 0.05) is 19.6 Å². The predicted molar refractivity (Wildman–Crippen MR) is 84.6 cm³/mol. The summed E-state index contributed by atoms with van der Waals surface area (Å²) in [5.41, 5.74) is 1.88. The van der Waals surface area contributed by atoms with Crippen LogP contribution >= 0.6 is 0 Å². The summed E-state index contributed by atoms with van der Waals surface area (Å²) in [6.45, 7) is 5.84. The van der Waals surface area contributed by atoms with Gasteiger partial charge in [0.2, 0.25) is 0 Å². The maximum atomic E-state index is 12.8. The van der Waals surface area contributed by atoms with E-state index in [1.807, 2.05) is 17.7 Å². The van der Waals surface area contributed by atoms with Gasteiger partial charge in [0.1, 0.15) is 18.2 Å². The SMILES string of the molecule is CC[C@H](O)c1cc2n(n1)CCN(CCOc1ccc(F)cc1)C2. The van der Waals surface area contributed by atoms with Gasteiger partial charge in [-0.15, -0.1) is 0 Å². The molecule has 1 aliphatic heterocycles. The Hall–Kier alpha value is -1.92. The standard InChI is InChI=1S/C17H22FN3O2/c1-2-17(22)16-11-14-12-20(7-8-21(14)19-16)9-10-23-15-5-3-13(18)4-6-15/h3-6,11,17,22H,2,7-10,12H2,1H3/t17-/m0/s1. The molecule has 0 fully saturated rings. The molecule has 0 bridgehead atoms. The fourth-order valence-electron chi connectivity index (χ4n) is 2.73. The highest BCUT2D eigenvalue weighted by Crippen LogP contribution is 2.20. The number of aliphatic hydroxyl groups excluding tert-OH is 1. The lowest BCUT2D eigenvalue weighted by Crippen LogP contribution is -2.36. The Bertz CT molecular complexity index is 642. The molecule has 0 aliphatic carbocycles. The summed E-state index contributed by atoms with van der Waals surface area (Å²) in [6, 6.07) is 8.06. The molecule has 0 saturated heterocycles. The Morgan fingerprint density at radius 1 is 1.30 bits per heavy atom. The van der Waals surface area contributed by atoms with Crippen LogP contribution in [0.2, 0.25) is 0 Å². The number of halogens is 1. The highest BCUT2D eigenvalue weighted by atomic mass is 19.1. The van der Waals surface area contributed by atoms with Gasteiger partial charge in [0.15, 0.2) is 0 Å². The van der Waals surface area contributed by atoms with Crippen LogP contribution in [0.5, 0.6) is 5.75 Å². The molecule has 1 aromatic heterocycles. The summed E-state index contributed by atoms with van der Waals surface area (Å²) >= 11 is 0. The molecule has 1 aromatic carbocycles. The molecule has 1 aliphatic rings. The van der Waals surface area contributed by atoms with Crippen molar-refractivity contribution >= 4 is 0 Å². The number of ether oxygens (including phenoxy) is 1. The van der Waals surface area contributed by atoms with E-state index in [0.29, 0.717) is 18.8 Å². The van der Waals surface area contributed by atoms with Crippen LogP contribution in [0, 0.1) is 5.82 Å². The van der Waals surface area contributed by atoms with E-state index in [1.165, 1.54) is 12.1 Å². The largest absolute Gasteiger partial charge is 0.492 e. The lowest BCUT2D eigenvalue weighted by molar-refractivity contribution is 0.163. The fourth-order valence-corrected chi connectivity index (χ4v) is 2.73. The Balaban J connectivity index is 1.51. The number of aromatic nitrogens is 2. The maximum absolute atomic E-state index is 12.8. The lowest BCUT2D eigenvalue weighted by Gasteiger charge is -2.27. The van der Waals surface area contributed by atoms with Gasteiger partial charge in [-0.3, -0.25) is 9.58 Å². The second-order valence-electron chi connectivity index (χ2n) is 5.79. The molecule has 0 spiro atoms. The quantitative estimate of drug-likeness (QED) is 0.888. The van der Waals surface area contributed by atoms with Gasteiger partial charge in [-0.05, 0) is 36.8 Å². The number of rotatable bonds is 6. The van der Waals surface area contributed by atoms with Crippen LogP contribution in [-0.4, -0.2) is 39.5 Å². The number of nitrogens with zero attached hydrogens (tertiary/aromatic N) is 3. The first-order valence-electron chi connectivity index (χ1n) is 8.01. The minimum Gasteiger partial charge on any atom is -0.492 e. The smallest absolute Gasteiger partial charge is 0.123 e. The molecule has 1 N–H and O–H groups in total. The van der Waals surface area contributed by atoms with Gasteiger partial charge in [-0.2, -0.15) is 5.10 Å². The molecule has 0 amide bonds. The molecular formula is C17H22FN3O2. The summed E-state index contributed by atoms with van der Waals surface area (Å²) in [5, 5.41) is 14.4. The third-order valence-electron chi connectivity index (χ3n) is 4.11. The highest BCUT2D eigenvalue weighted by molar-refractivity contribution is 5.22. The molecule has 0 radical (unpaired) electrons. The summed E-state index contributed by atoms with van der Waals surface area (Å²) in [5.74, 6) is 0.425. The Kier molecular flexibility index (Phi) is 4.93.